The first kappa shape index (κ1) is 53.0. The van der Waals surface area contributed by atoms with Gasteiger partial charge in [-0.15, -0.1) is 13.2 Å². The molecule has 3 unspecified atom stereocenters. The Bertz CT molecular complexity index is 3130. The summed E-state index contributed by atoms with van der Waals surface area (Å²) in [5.74, 6) is -0.0462. The Hall–Kier alpha value is -4.80. The number of ether oxygens (including phenoxy) is 2. The van der Waals surface area contributed by atoms with Crippen molar-refractivity contribution in [1.82, 2.24) is 49.2 Å². The zero-order valence-electron chi connectivity index (χ0n) is 42.1. The van der Waals surface area contributed by atoms with Crippen molar-refractivity contribution in [3.63, 3.8) is 0 Å². The van der Waals surface area contributed by atoms with Gasteiger partial charge in [-0.3, -0.25) is 38.7 Å². The van der Waals surface area contributed by atoms with E-state index in [1.165, 1.54) is 22.5 Å². The molecule has 3 aliphatic heterocycles. The van der Waals surface area contributed by atoms with E-state index in [2.05, 4.69) is 79.1 Å². The molecule has 24 heteroatoms. The highest BCUT2D eigenvalue weighted by molar-refractivity contribution is 8.11. The molecule has 10 atom stereocenters. The molecule has 2 aromatic carbocycles. The Morgan fingerprint density at radius 3 is 1.64 bits per heavy atom. The van der Waals surface area contributed by atoms with Gasteiger partial charge in [0.05, 0.1) is 38.0 Å². The van der Waals surface area contributed by atoms with Gasteiger partial charge < -0.3 is 22.9 Å². The van der Waals surface area contributed by atoms with E-state index < -0.39 is 58.0 Å². The molecule has 3 fully saturated rings. The van der Waals surface area contributed by atoms with Crippen LogP contribution in [-0.4, -0.2) is 129 Å². The van der Waals surface area contributed by atoms with Crippen molar-refractivity contribution in [2.24, 2.45) is 5.92 Å². The van der Waals surface area contributed by atoms with Crippen molar-refractivity contribution >= 4 is 90.5 Å². The molecule has 3 saturated heterocycles. The Labute approximate surface area is 436 Å². The molecule has 3 aliphatic rings. The molecule has 73 heavy (non-hydrogen) atoms. The summed E-state index contributed by atoms with van der Waals surface area (Å²) in [5, 5.41) is 7.26. The van der Waals surface area contributed by atoms with Crippen LogP contribution in [0.5, 0.6) is 0 Å². The molecule has 0 aliphatic carbocycles. The molecule has 9 rings (SSSR count). The highest BCUT2D eigenvalue weighted by Crippen LogP contribution is 2.51. The molecular weight excluding hydrogens is 1020 g/mol. The van der Waals surface area contributed by atoms with E-state index in [-0.39, 0.29) is 55.1 Å². The number of fused-ring (bicyclic) bond motifs is 4. The second-order valence-corrected chi connectivity index (χ2v) is 33.5. The van der Waals surface area contributed by atoms with Crippen LogP contribution < -0.4 is 20.0 Å². The molecule has 4 aromatic heterocycles. The van der Waals surface area contributed by atoms with Crippen LogP contribution in [0.2, 0.25) is 18.1 Å². The molecule has 0 radical (unpaired) electrons. The molecule has 2 amide bonds. The monoisotopic (exact) mass is 1080 g/mol. The van der Waals surface area contributed by atoms with E-state index in [1.54, 1.807) is 49.1 Å². The first-order valence-electron chi connectivity index (χ1n) is 24.0. The standard InChI is InChI=1S/C49H62N12O7P2S2Si/c1-11-23-58(45(62)32-19-15-13-16-20-32)41-38-43(52-27-50-41)60(29-54-38)47-31(3)36-34(66-47)25-64-70(8,72)57-37-35(26-65-69(7,71)56-36)67-48(40(37)68-73(9,10)49(4,5)6)61-30-55-39-42(51-28-53-44(39)61)59(24-12-2)46(63)33-21-17-14-18-22-33/h11-22,27-31,34-37,40,47-48H,1-2,23-26H2,3-10H3,(H,56,71)(H,57,72)/t31-,34-,35-,36+,37-,40-,47?,48-,69?,70?/m1/s1. The van der Waals surface area contributed by atoms with Crippen molar-refractivity contribution in [2.45, 2.75) is 88.7 Å². The lowest BCUT2D eigenvalue weighted by molar-refractivity contribution is -0.0426. The summed E-state index contributed by atoms with van der Waals surface area (Å²) in [4.78, 5) is 59.0. The second-order valence-electron chi connectivity index (χ2n) is 20.1. The van der Waals surface area contributed by atoms with Gasteiger partial charge in [0.1, 0.15) is 43.9 Å². The summed E-state index contributed by atoms with van der Waals surface area (Å²) in [6, 6.07) is 17.1. The Kier molecular flexibility index (Phi) is 15.3. The number of nitrogens with one attached hydrogen (secondary N) is 2. The lowest BCUT2D eigenvalue weighted by atomic mass is 10.00. The van der Waals surface area contributed by atoms with Crippen LogP contribution in [-0.2, 0) is 46.6 Å². The third kappa shape index (κ3) is 10.7. The molecule has 6 aromatic rings. The van der Waals surface area contributed by atoms with Gasteiger partial charge in [0.2, 0.25) is 0 Å². The fraction of sp³-hybridized carbons (Fsp3) is 0.429. The van der Waals surface area contributed by atoms with Crippen molar-refractivity contribution < 1.29 is 32.5 Å². The summed E-state index contributed by atoms with van der Waals surface area (Å²) in [6.45, 7) is 25.2. The lowest BCUT2D eigenvalue weighted by Gasteiger charge is -2.41. The van der Waals surface area contributed by atoms with Crippen LogP contribution in [0.15, 0.2) is 111 Å². The molecular formula is C49H62N12O7P2S2Si. The zero-order valence-corrected chi connectivity index (χ0v) is 46.6. The molecule has 0 bridgehead atoms. The van der Waals surface area contributed by atoms with Gasteiger partial charge in [0.25, 0.3) is 11.8 Å². The summed E-state index contributed by atoms with van der Waals surface area (Å²) < 4.78 is 38.7. The summed E-state index contributed by atoms with van der Waals surface area (Å²) in [7, 11) is -2.56. The molecule has 0 saturated carbocycles. The number of benzene rings is 2. The van der Waals surface area contributed by atoms with Crippen LogP contribution in [0.3, 0.4) is 0 Å². The summed E-state index contributed by atoms with van der Waals surface area (Å²) in [5.41, 5.74) is 2.76. The van der Waals surface area contributed by atoms with Crippen LogP contribution in [0.25, 0.3) is 22.3 Å². The smallest absolute Gasteiger partial charge is 0.259 e. The number of rotatable bonds is 12. The third-order valence-electron chi connectivity index (χ3n) is 13.9. The summed E-state index contributed by atoms with van der Waals surface area (Å²) >= 11 is 12.7. The van der Waals surface area contributed by atoms with Crippen LogP contribution in [0.4, 0.5) is 11.6 Å². The van der Waals surface area contributed by atoms with Gasteiger partial charge in [0, 0.05) is 49.5 Å². The summed E-state index contributed by atoms with van der Waals surface area (Å²) in [6.07, 6.45) is 0.581. The predicted molar refractivity (Wildman–Crippen MR) is 293 cm³/mol. The minimum absolute atomic E-state index is 0.0814. The lowest BCUT2D eigenvalue weighted by Crippen LogP contribution is -2.52. The molecule has 19 nitrogen and oxygen atoms in total. The van der Waals surface area contributed by atoms with Crippen molar-refractivity contribution in [1.29, 1.82) is 0 Å². The first-order chi connectivity index (χ1) is 34.7. The normalized spacial score (nSPS) is 27.9. The molecule has 7 heterocycles. The number of hydrogen-bond donors (Lipinski definition) is 2. The quantitative estimate of drug-likeness (QED) is 0.0678. The topological polar surface area (TPSA) is 198 Å². The number of imidazole rings is 2. The van der Waals surface area contributed by atoms with E-state index in [0.717, 1.165) is 0 Å². The Balaban J connectivity index is 1.03. The van der Waals surface area contributed by atoms with Gasteiger partial charge in [0.15, 0.2) is 48.5 Å². The number of aromatic nitrogens is 8. The Morgan fingerprint density at radius 2 is 1.18 bits per heavy atom. The van der Waals surface area contributed by atoms with Gasteiger partial charge in [-0.2, -0.15) is 0 Å². The molecule has 2 N–H and O–H groups in total. The second kappa shape index (κ2) is 21.1. The number of amides is 2. The van der Waals surface area contributed by atoms with Crippen LogP contribution in [0, 0.1) is 5.92 Å². The largest absolute Gasteiger partial charge is 0.408 e. The van der Waals surface area contributed by atoms with Gasteiger partial charge in [-0.1, -0.05) is 99.9 Å². The van der Waals surface area contributed by atoms with Gasteiger partial charge in [-0.25, -0.2) is 29.9 Å². The van der Waals surface area contributed by atoms with E-state index >= 15 is 0 Å². The van der Waals surface area contributed by atoms with E-state index in [4.69, 9.17) is 61.5 Å². The average Bonchev–Trinajstić information content (AvgIpc) is 4.14. The van der Waals surface area contributed by atoms with Gasteiger partial charge >= 0.3 is 0 Å². The number of carbonyl (C=O) groups is 2. The SMILES string of the molecule is C=CCN(C(=O)c1ccccc1)c1ncnc2c1ncn2C1O[C@@H]2COP(C)(=S)N[C@H]3[C@@H](O[Si](C)(C)C(C)(C)C)[C@H](n4cnc5c(N(CC=C)C(=O)c6ccccc6)ncnc54)O[C@@H]3COP(C)(=S)N[C@H]2[C@H]1C. The Morgan fingerprint density at radius 1 is 0.740 bits per heavy atom. The fourth-order valence-electron chi connectivity index (χ4n) is 9.22. The van der Waals surface area contributed by atoms with Crippen molar-refractivity contribution in [3.05, 3.63) is 122 Å². The van der Waals surface area contributed by atoms with E-state index in [0.29, 0.717) is 45.1 Å². The third-order valence-corrected chi connectivity index (χ3v) is 22.5. The molecule has 0 spiro atoms. The number of nitrogens with zero attached hydrogens (tertiary/aromatic N) is 10. The number of carbonyl (C=O) groups excluding carboxylic acids is 2. The number of hydrogen-bond acceptors (Lipinski definition) is 15. The van der Waals surface area contributed by atoms with Crippen LogP contribution >= 0.6 is 12.8 Å². The highest BCUT2D eigenvalue weighted by atomic mass is 32.5. The minimum Gasteiger partial charge on any atom is -0.408 e. The molecule has 386 valence electrons. The highest BCUT2D eigenvalue weighted by Gasteiger charge is 2.53. The zero-order chi connectivity index (χ0) is 52.0. The maximum atomic E-state index is 14.0. The van der Waals surface area contributed by atoms with Crippen molar-refractivity contribution in [3.8, 4) is 0 Å². The average molecular weight is 1090 g/mol. The number of anilines is 2. The van der Waals surface area contributed by atoms with Gasteiger partial charge in [-0.05, 0) is 42.4 Å². The maximum Gasteiger partial charge on any atom is 0.259 e. The fourth-order valence-corrected chi connectivity index (χ4v) is 14.4. The maximum absolute atomic E-state index is 14.0. The minimum atomic E-state index is -2.88. The van der Waals surface area contributed by atoms with Crippen LogP contribution in [0.1, 0.15) is 60.9 Å². The first-order valence-corrected chi connectivity index (χ1v) is 33.3. The predicted octanol–water partition coefficient (Wildman–Crippen LogP) is 7.99. The van der Waals surface area contributed by atoms with Crippen molar-refractivity contribution in [2.75, 3.05) is 49.4 Å². The van der Waals surface area contributed by atoms with E-state index in [9.17, 15) is 9.59 Å². The van der Waals surface area contributed by atoms with E-state index in [1.807, 2.05) is 58.9 Å².